The Balaban J connectivity index is 1.74. The normalized spacial score (nSPS) is 12.5. The van der Waals surface area contributed by atoms with E-state index in [0.29, 0.717) is 34.4 Å². The Morgan fingerprint density at radius 2 is 1.77 bits per heavy atom. The van der Waals surface area contributed by atoms with Crippen molar-refractivity contribution in [2.75, 3.05) is 26.1 Å². The van der Waals surface area contributed by atoms with Gasteiger partial charge in [0.15, 0.2) is 11.5 Å². The minimum Gasteiger partial charge on any atom is -0.493 e. The van der Waals surface area contributed by atoms with E-state index in [2.05, 4.69) is 20.3 Å². The molecule has 0 aliphatic rings. The first-order chi connectivity index (χ1) is 14.2. The van der Waals surface area contributed by atoms with Crippen LogP contribution in [-0.2, 0) is 6.18 Å². The van der Waals surface area contributed by atoms with Gasteiger partial charge in [-0.1, -0.05) is 11.6 Å². The van der Waals surface area contributed by atoms with E-state index in [0.717, 1.165) is 6.07 Å². The molecule has 0 fully saturated rings. The third-order valence-corrected chi connectivity index (χ3v) is 4.40. The molecule has 0 amide bonds. The summed E-state index contributed by atoms with van der Waals surface area (Å²) in [5, 5.41) is 3.66. The van der Waals surface area contributed by atoms with Gasteiger partial charge in [0.2, 0.25) is 5.88 Å². The number of pyridine rings is 1. The largest absolute Gasteiger partial charge is 0.493 e. The molecule has 1 aromatic carbocycles. The van der Waals surface area contributed by atoms with Gasteiger partial charge in [0.05, 0.1) is 31.3 Å². The molecule has 0 saturated heterocycles. The SMILES string of the molecule is COc1cc2ncnc(N[C@H](C)COc3ncc(C(F)(F)F)cc3Cl)c2cc1OC. The van der Waals surface area contributed by atoms with Crippen molar-refractivity contribution in [3.8, 4) is 17.4 Å². The van der Waals surface area contributed by atoms with E-state index in [4.69, 9.17) is 25.8 Å². The van der Waals surface area contributed by atoms with Crippen LogP contribution in [0.5, 0.6) is 17.4 Å². The predicted molar refractivity (Wildman–Crippen MR) is 105 cm³/mol. The summed E-state index contributed by atoms with van der Waals surface area (Å²) >= 11 is 5.86. The lowest BCUT2D eigenvalue weighted by atomic mass is 10.2. The van der Waals surface area contributed by atoms with Gasteiger partial charge in [-0.25, -0.2) is 15.0 Å². The molecule has 0 radical (unpaired) electrons. The smallest absolute Gasteiger partial charge is 0.417 e. The quantitative estimate of drug-likeness (QED) is 0.573. The fourth-order valence-electron chi connectivity index (χ4n) is 2.66. The summed E-state index contributed by atoms with van der Waals surface area (Å²) < 4.78 is 54.2. The van der Waals surface area contributed by atoms with Crippen LogP contribution in [0.1, 0.15) is 12.5 Å². The average Bonchev–Trinajstić information content (AvgIpc) is 2.71. The van der Waals surface area contributed by atoms with Crippen LogP contribution in [0.3, 0.4) is 0 Å². The van der Waals surface area contributed by atoms with Crippen LogP contribution in [0.15, 0.2) is 30.7 Å². The summed E-state index contributed by atoms with van der Waals surface area (Å²) in [6.45, 7) is 1.89. The van der Waals surface area contributed by atoms with Crippen molar-refractivity contribution < 1.29 is 27.4 Å². The molecule has 0 saturated carbocycles. The van der Waals surface area contributed by atoms with Crippen LogP contribution in [0.25, 0.3) is 10.9 Å². The number of alkyl halides is 3. The fourth-order valence-corrected chi connectivity index (χ4v) is 2.88. The van der Waals surface area contributed by atoms with Crippen LogP contribution < -0.4 is 19.5 Å². The molecule has 0 aliphatic carbocycles. The van der Waals surface area contributed by atoms with Crippen LogP contribution in [0.2, 0.25) is 5.02 Å². The number of halogens is 4. The van der Waals surface area contributed by atoms with Crippen LogP contribution in [0.4, 0.5) is 19.0 Å². The highest BCUT2D eigenvalue weighted by molar-refractivity contribution is 6.31. The summed E-state index contributed by atoms with van der Waals surface area (Å²) in [5.41, 5.74) is -0.298. The Kier molecular flexibility index (Phi) is 6.35. The zero-order valence-corrected chi connectivity index (χ0v) is 17.0. The summed E-state index contributed by atoms with van der Waals surface area (Å²) in [4.78, 5) is 12.1. The molecule has 0 bridgehead atoms. The van der Waals surface area contributed by atoms with E-state index < -0.39 is 11.7 Å². The fraction of sp³-hybridized carbons (Fsp3) is 0.316. The van der Waals surface area contributed by atoms with Crippen LogP contribution >= 0.6 is 11.6 Å². The summed E-state index contributed by atoms with van der Waals surface area (Å²) in [7, 11) is 3.06. The van der Waals surface area contributed by atoms with E-state index in [9.17, 15) is 13.2 Å². The lowest BCUT2D eigenvalue weighted by Crippen LogP contribution is -2.24. The van der Waals surface area contributed by atoms with Crippen molar-refractivity contribution >= 4 is 28.3 Å². The van der Waals surface area contributed by atoms with E-state index >= 15 is 0 Å². The van der Waals surface area contributed by atoms with E-state index in [1.807, 2.05) is 6.92 Å². The second-order valence-corrected chi connectivity index (χ2v) is 6.72. The van der Waals surface area contributed by atoms with Gasteiger partial charge >= 0.3 is 6.18 Å². The van der Waals surface area contributed by atoms with Gasteiger partial charge in [0.25, 0.3) is 0 Å². The van der Waals surface area contributed by atoms with Crippen molar-refractivity contribution in [1.82, 2.24) is 15.0 Å². The molecule has 2 aromatic heterocycles. The molecule has 7 nitrogen and oxygen atoms in total. The monoisotopic (exact) mass is 442 g/mol. The van der Waals surface area contributed by atoms with Gasteiger partial charge in [-0.15, -0.1) is 0 Å². The highest BCUT2D eigenvalue weighted by atomic mass is 35.5. The first-order valence-electron chi connectivity index (χ1n) is 8.71. The minimum atomic E-state index is -4.53. The Morgan fingerprint density at radius 1 is 1.07 bits per heavy atom. The zero-order chi connectivity index (χ0) is 21.9. The first kappa shape index (κ1) is 21.7. The lowest BCUT2D eigenvalue weighted by molar-refractivity contribution is -0.137. The third-order valence-electron chi connectivity index (χ3n) is 4.13. The van der Waals surface area contributed by atoms with Crippen molar-refractivity contribution in [3.63, 3.8) is 0 Å². The van der Waals surface area contributed by atoms with Crippen LogP contribution in [0, 0.1) is 0 Å². The summed E-state index contributed by atoms with van der Waals surface area (Å²) in [6.07, 6.45) is -2.45. The number of aromatic nitrogens is 3. The van der Waals surface area contributed by atoms with Crippen molar-refractivity contribution in [2.45, 2.75) is 19.1 Å². The third kappa shape index (κ3) is 4.76. The molecule has 30 heavy (non-hydrogen) atoms. The van der Waals surface area contributed by atoms with Crippen LogP contribution in [-0.4, -0.2) is 41.8 Å². The first-order valence-corrected chi connectivity index (χ1v) is 9.09. The van der Waals surface area contributed by atoms with Gasteiger partial charge < -0.3 is 19.5 Å². The number of hydrogen-bond donors (Lipinski definition) is 1. The van der Waals surface area contributed by atoms with Gasteiger partial charge in [-0.05, 0) is 19.1 Å². The number of anilines is 1. The molecule has 3 rings (SSSR count). The Labute approximate surface area is 175 Å². The molecule has 1 N–H and O–H groups in total. The maximum absolute atomic E-state index is 12.7. The number of rotatable bonds is 7. The number of nitrogens with zero attached hydrogens (tertiary/aromatic N) is 3. The van der Waals surface area contributed by atoms with E-state index in [1.165, 1.54) is 20.5 Å². The summed E-state index contributed by atoms with van der Waals surface area (Å²) in [5.74, 6) is 1.50. The molecule has 2 heterocycles. The molecule has 0 unspecified atom stereocenters. The molecule has 160 valence electrons. The number of hydrogen-bond acceptors (Lipinski definition) is 7. The highest BCUT2D eigenvalue weighted by Crippen LogP contribution is 2.34. The Morgan fingerprint density at radius 3 is 2.40 bits per heavy atom. The zero-order valence-electron chi connectivity index (χ0n) is 16.2. The number of ether oxygens (including phenoxy) is 3. The highest BCUT2D eigenvalue weighted by Gasteiger charge is 2.31. The van der Waals surface area contributed by atoms with Crippen molar-refractivity contribution in [3.05, 3.63) is 41.3 Å². The second-order valence-electron chi connectivity index (χ2n) is 6.31. The summed E-state index contributed by atoms with van der Waals surface area (Å²) in [6, 6.07) is 3.97. The van der Waals surface area contributed by atoms with Gasteiger partial charge in [0.1, 0.15) is 23.8 Å². The number of nitrogens with one attached hydrogen (secondary N) is 1. The molecule has 3 aromatic rings. The standard InChI is InChI=1S/C19H18ClF3N4O3/c1-10(8-30-18-13(20)4-11(7-24-18)19(21,22)23)27-17-12-5-15(28-2)16(29-3)6-14(12)25-9-26-17/h4-7,9-10H,8H2,1-3H3,(H,25,26,27)/t10-/m1/s1. The lowest BCUT2D eigenvalue weighted by Gasteiger charge is -2.17. The molecular weight excluding hydrogens is 425 g/mol. The van der Waals surface area contributed by atoms with Crippen molar-refractivity contribution in [2.24, 2.45) is 0 Å². The van der Waals surface area contributed by atoms with Crippen molar-refractivity contribution in [1.29, 1.82) is 0 Å². The molecule has 11 heteroatoms. The topological polar surface area (TPSA) is 78.4 Å². The predicted octanol–water partition coefficient (Wildman–Crippen LogP) is 4.59. The Hall–Kier alpha value is -3.01. The van der Waals surface area contributed by atoms with E-state index in [1.54, 1.807) is 12.1 Å². The average molecular weight is 443 g/mol. The molecule has 0 spiro atoms. The number of fused-ring (bicyclic) bond motifs is 1. The molecule has 0 aliphatic heterocycles. The number of benzene rings is 1. The molecule has 1 atom stereocenters. The maximum atomic E-state index is 12.7. The van der Waals surface area contributed by atoms with Gasteiger partial charge in [-0.3, -0.25) is 0 Å². The second kappa shape index (κ2) is 8.78. The number of methoxy groups -OCH3 is 2. The van der Waals surface area contributed by atoms with E-state index in [-0.39, 0.29) is 23.6 Å². The van der Waals surface area contributed by atoms with Gasteiger partial charge in [-0.2, -0.15) is 13.2 Å². The van der Waals surface area contributed by atoms with Gasteiger partial charge in [0, 0.05) is 17.6 Å². The molecular formula is C19H18ClF3N4O3. The Bertz CT molecular complexity index is 1050. The maximum Gasteiger partial charge on any atom is 0.417 e. The minimum absolute atomic E-state index is 0.0802.